The molecule has 0 bridgehead atoms. The maximum Gasteiger partial charge on any atom is 0.337 e. The number of carboxylic acid groups (broad SMARTS) is 1. The van der Waals surface area contributed by atoms with Gasteiger partial charge in [-0.25, -0.2) is 4.79 Å². The van der Waals surface area contributed by atoms with Crippen molar-refractivity contribution in [1.82, 2.24) is 0 Å². The van der Waals surface area contributed by atoms with Crippen LogP contribution in [0.5, 0.6) is 0 Å². The number of rotatable bonds is 2. The normalized spacial score (nSPS) is 10.3. The summed E-state index contributed by atoms with van der Waals surface area (Å²) in [5.74, 6) is -1.04. The number of hydrogen-bond acceptors (Lipinski definition) is 1. The van der Waals surface area contributed by atoms with E-state index >= 15 is 0 Å². The number of alkyl halides is 1. The van der Waals surface area contributed by atoms with Crippen molar-refractivity contribution < 1.29 is 9.90 Å². The summed E-state index contributed by atoms with van der Waals surface area (Å²) >= 11 is 15.1. The second-order valence-electron chi connectivity index (χ2n) is 2.79. The van der Waals surface area contributed by atoms with E-state index in [1.165, 1.54) is 6.07 Å². The number of aromatic carboxylic acids is 1. The van der Waals surface area contributed by atoms with Gasteiger partial charge in [0.05, 0.1) is 10.6 Å². The predicted octanol–water partition coefficient (Wildman–Crippen LogP) is 3.89. The maximum atomic E-state index is 10.8. The molecule has 0 heterocycles. The lowest BCUT2D eigenvalue weighted by Crippen LogP contribution is -2.01. The van der Waals surface area contributed by atoms with Crippen molar-refractivity contribution in [2.24, 2.45) is 0 Å². The van der Waals surface area contributed by atoms with Gasteiger partial charge in [0.25, 0.3) is 0 Å². The molecule has 14 heavy (non-hydrogen) atoms. The Hall–Kier alpha value is -0.250. The van der Waals surface area contributed by atoms with Gasteiger partial charge in [-0.1, -0.05) is 39.1 Å². The van der Waals surface area contributed by atoms with Gasteiger partial charge in [0.1, 0.15) is 0 Å². The third-order valence-electron chi connectivity index (χ3n) is 1.84. The number of hydrogen-bond donors (Lipinski definition) is 1. The van der Waals surface area contributed by atoms with Crippen LogP contribution in [0.1, 0.15) is 21.5 Å². The SMILES string of the molecule is Cc1cc(C(=O)O)c(Cl)c(CBr)c1Cl. The summed E-state index contributed by atoms with van der Waals surface area (Å²) in [6.45, 7) is 1.75. The van der Waals surface area contributed by atoms with Crippen LogP contribution < -0.4 is 0 Å². The largest absolute Gasteiger partial charge is 0.478 e. The number of carboxylic acids is 1. The molecular weight excluding hydrogens is 291 g/mol. The van der Waals surface area contributed by atoms with Crippen LogP contribution in [-0.4, -0.2) is 11.1 Å². The van der Waals surface area contributed by atoms with Crippen LogP contribution in [-0.2, 0) is 5.33 Å². The van der Waals surface area contributed by atoms with Gasteiger partial charge in [0.15, 0.2) is 0 Å². The van der Waals surface area contributed by atoms with E-state index in [0.717, 1.165) is 0 Å². The summed E-state index contributed by atoms with van der Waals surface area (Å²) in [5, 5.41) is 10.0. The quantitative estimate of drug-likeness (QED) is 0.841. The first-order chi connectivity index (χ1) is 6.49. The molecule has 0 aliphatic heterocycles. The van der Waals surface area contributed by atoms with Crippen LogP contribution in [0.25, 0.3) is 0 Å². The summed E-state index contributed by atoms with van der Waals surface area (Å²) in [5.41, 5.74) is 1.41. The average molecular weight is 298 g/mol. The monoisotopic (exact) mass is 296 g/mol. The van der Waals surface area contributed by atoms with Gasteiger partial charge in [-0.3, -0.25) is 0 Å². The molecule has 2 nitrogen and oxygen atoms in total. The highest BCUT2D eigenvalue weighted by Crippen LogP contribution is 2.32. The number of benzene rings is 1. The molecule has 0 aliphatic carbocycles. The second kappa shape index (κ2) is 4.51. The standard InChI is InChI=1S/C9H7BrCl2O2/c1-4-2-5(9(13)14)8(12)6(3-10)7(4)11/h2H,3H2,1H3,(H,13,14). The lowest BCUT2D eigenvalue weighted by atomic mass is 10.1. The Morgan fingerprint density at radius 2 is 2.07 bits per heavy atom. The molecule has 0 spiro atoms. The lowest BCUT2D eigenvalue weighted by Gasteiger charge is -2.09. The third kappa shape index (κ3) is 2.05. The van der Waals surface area contributed by atoms with Crippen molar-refractivity contribution >= 4 is 45.1 Å². The molecule has 1 N–H and O–H groups in total. The van der Waals surface area contributed by atoms with Crippen LogP contribution in [0.2, 0.25) is 10.0 Å². The van der Waals surface area contributed by atoms with E-state index < -0.39 is 5.97 Å². The Kier molecular flexibility index (Phi) is 3.81. The highest BCUT2D eigenvalue weighted by molar-refractivity contribution is 9.08. The minimum Gasteiger partial charge on any atom is -0.478 e. The van der Waals surface area contributed by atoms with Crippen LogP contribution in [0.3, 0.4) is 0 Å². The van der Waals surface area contributed by atoms with E-state index in [4.69, 9.17) is 28.3 Å². The Bertz CT molecular complexity index is 391. The number of aryl methyl sites for hydroxylation is 1. The molecule has 5 heteroatoms. The minimum atomic E-state index is -1.04. The van der Waals surface area contributed by atoms with Crippen molar-refractivity contribution in [2.45, 2.75) is 12.3 Å². The van der Waals surface area contributed by atoms with Crippen molar-refractivity contribution in [3.8, 4) is 0 Å². The molecular formula is C9H7BrCl2O2. The van der Waals surface area contributed by atoms with Gasteiger partial charge in [-0.15, -0.1) is 0 Å². The minimum absolute atomic E-state index is 0.0861. The Morgan fingerprint density at radius 3 is 2.50 bits per heavy atom. The third-order valence-corrected chi connectivity index (χ3v) is 3.36. The molecule has 0 aliphatic rings. The van der Waals surface area contributed by atoms with Crippen molar-refractivity contribution in [3.63, 3.8) is 0 Å². The Morgan fingerprint density at radius 1 is 1.50 bits per heavy atom. The molecule has 0 saturated heterocycles. The van der Waals surface area contributed by atoms with E-state index in [2.05, 4.69) is 15.9 Å². The Balaban J connectivity index is 3.50. The van der Waals surface area contributed by atoms with Gasteiger partial charge in [0, 0.05) is 15.9 Å². The zero-order valence-electron chi connectivity index (χ0n) is 7.27. The summed E-state index contributed by atoms with van der Waals surface area (Å²) in [4.78, 5) is 10.8. The molecule has 0 unspecified atom stereocenters. The first kappa shape index (κ1) is 11.8. The summed E-state index contributed by atoms with van der Waals surface area (Å²) in [7, 11) is 0. The summed E-state index contributed by atoms with van der Waals surface area (Å²) in [6, 6.07) is 1.47. The highest BCUT2D eigenvalue weighted by atomic mass is 79.9. The maximum absolute atomic E-state index is 10.8. The molecule has 0 saturated carbocycles. The van der Waals surface area contributed by atoms with Crippen molar-refractivity contribution in [3.05, 3.63) is 32.8 Å². The molecule has 0 fully saturated rings. The zero-order chi connectivity index (χ0) is 10.9. The van der Waals surface area contributed by atoms with Gasteiger partial charge < -0.3 is 5.11 Å². The van der Waals surface area contributed by atoms with Gasteiger partial charge in [-0.2, -0.15) is 0 Å². The smallest absolute Gasteiger partial charge is 0.337 e. The lowest BCUT2D eigenvalue weighted by molar-refractivity contribution is 0.0697. The zero-order valence-corrected chi connectivity index (χ0v) is 10.4. The fraction of sp³-hybridized carbons (Fsp3) is 0.222. The molecule has 0 aromatic heterocycles. The summed E-state index contributed by atoms with van der Waals surface area (Å²) in [6.07, 6.45) is 0. The van der Waals surface area contributed by atoms with E-state index in [-0.39, 0.29) is 10.6 Å². The fourth-order valence-electron chi connectivity index (χ4n) is 1.11. The van der Waals surface area contributed by atoms with E-state index in [1.54, 1.807) is 6.92 Å². The van der Waals surface area contributed by atoms with Crippen LogP contribution in [0.4, 0.5) is 0 Å². The van der Waals surface area contributed by atoms with Crippen molar-refractivity contribution in [1.29, 1.82) is 0 Å². The summed E-state index contributed by atoms with van der Waals surface area (Å²) < 4.78 is 0. The first-order valence-corrected chi connectivity index (χ1v) is 5.63. The molecule has 0 radical (unpaired) electrons. The highest BCUT2D eigenvalue weighted by Gasteiger charge is 2.16. The first-order valence-electron chi connectivity index (χ1n) is 3.75. The Labute approximate surface area is 100.0 Å². The van der Waals surface area contributed by atoms with Gasteiger partial charge >= 0.3 is 5.97 Å². The number of carbonyl (C=O) groups is 1. The second-order valence-corrected chi connectivity index (χ2v) is 4.10. The topological polar surface area (TPSA) is 37.3 Å². The van der Waals surface area contributed by atoms with Crippen LogP contribution >= 0.6 is 39.1 Å². The van der Waals surface area contributed by atoms with Gasteiger partial charge in [0.2, 0.25) is 0 Å². The fourth-order valence-corrected chi connectivity index (χ4v) is 2.56. The van der Waals surface area contributed by atoms with Crippen molar-refractivity contribution in [2.75, 3.05) is 0 Å². The number of halogens is 3. The molecule has 76 valence electrons. The molecule has 1 aromatic carbocycles. The molecule has 1 aromatic rings. The average Bonchev–Trinajstić information content (AvgIpc) is 2.12. The molecule has 1 rings (SSSR count). The van der Waals surface area contributed by atoms with Crippen LogP contribution in [0.15, 0.2) is 6.07 Å². The predicted molar refractivity (Wildman–Crippen MR) is 60.8 cm³/mol. The molecule has 0 atom stereocenters. The van der Waals surface area contributed by atoms with E-state index in [0.29, 0.717) is 21.5 Å². The van der Waals surface area contributed by atoms with Crippen LogP contribution in [0, 0.1) is 6.92 Å². The van der Waals surface area contributed by atoms with Gasteiger partial charge in [-0.05, 0) is 18.6 Å². The van der Waals surface area contributed by atoms with E-state index in [1.807, 2.05) is 0 Å². The molecule has 0 amide bonds. The van der Waals surface area contributed by atoms with E-state index in [9.17, 15) is 4.79 Å².